The zero-order chi connectivity index (χ0) is 15.9. The first-order chi connectivity index (χ1) is 10.6. The lowest BCUT2D eigenvalue weighted by molar-refractivity contribution is -0.131. The van der Waals surface area contributed by atoms with E-state index in [1.54, 1.807) is 0 Å². The monoisotopic (exact) mass is 322 g/mol. The molecule has 0 saturated carbocycles. The first-order valence-corrected chi connectivity index (χ1v) is 8.75. The summed E-state index contributed by atoms with van der Waals surface area (Å²) in [5.41, 5.74) is 1.36. The van der Waals surface area contributed by atoms with Crippen LogP contribution < -0.4 is 0 Å². The summed E-state index contributed by atoms with van der Waals surface area (Å²) >= 11 is 5.74. The molecule has 1 heterocycles. The Bertz CT molecular complexity index is 463. The van der Waals surface area contributed by atoms with Crippen LogP contribution in [0.2, 0.25) is 0 Å². The van der Waals surface area contributed by atoms with E-state index < -0.39 is 0 Å². The highest BCUT2D eigenvalue weighted by molar-refractivity contribution is 6.27. The molecule has 22 heavy (non-hydrogen) atoms. The van der Waals surface area contributed by atoms with Crippen molar-refractivity contribution in [2.75, 3.05) is 25.5 Å². The van der Waals surface area contributed by atoms with E-state index in [9.17, 15) is 4.79 Å². The minimum Gasteiger partial charge on any atom is -0.339 e. The molecule has 1 aliphatic rings. The van der Waals surface area contributed by atoms with Crippen molar-refractivity contribution < 1.29 is 4.79 Å². The first-order valence-electron chi connectivity index (χ1n) is 8.22. The summed E-state index contributed by atoms with van der Waals surface area (Å²) in [4.78, 5) is 16.4. The number of hydrogen-bond donors (Lipinski definition) is 0. The molecule has 0 aromatic heterocycles. The van der Waals surface area contributed by atoms with Crippen molar-refractivity contribution in [1.29, 1.82) is 0 Å². The van der Waals surface area contributed by atoms with E-state index in [1.165, 1.54) is 18.4 Å². The molecule has 1 fully saturated rings. The fourth-order valence-corrected chi connectivity index (χ4v) is 3.39. The quantitative estimate of drug-likeness (QED) is 0.750. The van der Waals surface area contributed by atoms with Crippen molar-refractivity contribution >= 4 is 17.5 Å². The number of benzene rings is 1. The van der Waals surface area contributed by atoms with Gasteiger partial charge in [-0.3, -0.25) is 9.69 Å². The lowest BCUT2D eigenvalue weighted by Crippen LogP contribution is -2.45. The van der Waals surface area contributed by atoms with Crippen molar-refractivity contribution in [1.82, 2.24) is 9.80 Å². The largest absolute Gasteiger partial charge is 0.339 e. The van der Waals surface area contributed by atoms with Gasteiger partial charge >= 0.3 is 0 Å². The molecule has 0 spiro atoms. The second kappa shape index (κ2) is 8.54. The van der Waals surface area contributed by atoms with E-state index >= 15 is 0 Å². The number of piperidine rings is 1. The maximum Gasteiger partial charge on any atom is 0.237 e. The Hall–Kier alpha value is -1.06. The normalized spacial score (nSPS) is 19.4. The predicted molar refractivity (Wildman–Crippen MR) is 92.0 cm³/mol. The number of nitrogens with zero attached hydrogens (tertiary/aromatic N) is 2. The summed E-state index contributed by atoms with van der Waals surface area (Å²) in [6.45, 7) is 8.17. The molecule has 1 aromatic carbocycles. The van der Waals surface area contributed by atoms with Crippen LogP contribution in [0.5, 0.6) is 0 Å². The maximum absolute atomic E-state index is 12.0. The van der Waals surface area contributed by atoms with Crippen LogP contribution in [0, 0.1) is 5.92 Å². The summed E-state index contributed by atoms with van der Waals surface area (Å²) in [5, 5.41) is 0. The number of hydrogen-bond acceptors (Lipinski definition) is 2. The number of carbonyl (C=O) groups excluding carboxylic acids is 1. The predicted octanol–water partition coefficient (Wildman–Crippen LogP) is 3.37. The number of halogens is 1. The Labute approximate surface area is 139 Å². The van der Waals surface area contributed by atoms with E-state index in [-0.39, 0.29) is 17.8 Å². The lowest BCUT2D eigenvalue weighted by atomic mass is 9.96. The van der Waals surface area contributed by atoms with Crippen LogP contribution in [0.1, 0.15) is 32.3 Å². The Kier molecular flexibility index (Phi) is 6.71. The Morgan fingerprint density at radius 3 is 2.73 bits per heavy atom. The Balaban J connectivity index is 1.91. The van der Waals surface area contributed by atoms with E-state index in [1.807, 2.05) is 4.90 Å². The fraction of sp³-hybridized carbons (Fsp3) is 0.611. The summed E-state index contributed by atoms with van der Waals surface area (Å²) in [6, 6.07) is 10.8. The smallest absolute Gasteiger partial charge is 0.237 e. The lowest BCUT2D eigenvalue weighted by Gasteiger charge is -2.37. The molecule has 2 rings (SSSR count). The van der Waals surface area contributed by atoms with Gasteiger partial charge < -0.3 is 4.90 Å². The molecule has 1 aliphatic heterocycles. The molecule has 0 aliphatic carbocycles. The average molecular weight is 323 g/mol. The number of rotatable bonds is 6. The Morgan fingerprint density at radius 2 is 2.09 bits per heavy atom. The van der Waals surface area contributed by atoms with Gasteiger partial charge in [-0.2, -0.15) is 0 Å². The second-order valence-electron chi connectivity index (χ2n) is 6.50. The molecule has 4 heteroatoms. The highest BCUT2D eigenvalue weighted by Gasteiger charge is 2.25. The van der Waals surface area contributed by atoms with Crippen LogP contribution in [0.25, 0.3) is 0 Å². The molecule has 1 saturated heterocycles. The number of carbonyl (C=O) groups is 1. The SMILES string of the molecule is CC(C)N(CC1CCCN(Cc2ccccc2)C1)C(=O)CCl. The highest BCUT2D eigenvalue weighted by atomic mass is 35.5. The molecular weight excluding hydrogens is 296 g/mol. The third-order valence-electron chi connectivity index (χ3n) is 4.37. The van der Waals surface area contributed by atoms with Crippen LogP contribution in [-0.4, -0.2) is 47.3 Å². The van der Waals surface area contributed by atoms with Crippen LogP contribution in [-0.2, 0) is 11.3 Å². The summed E-state index contributed by atoms with van der Waals surface area (Å²) in [5.74, 6) is 0.683. The van der Waals surface area contributed by atoms with Crippen molar-refractivity contribution in [3.63, 3.8) is 0 Å². The van der Waals surface area contributed by atoms with Gasteiger partial charge in [0.2, 0.25) is 5.91 Å². The zero-order valence-corrected chi connectivity index (χ0v) is 14.4. The van der Waals surface area contributed by atoms with Crippen LogP contribution >= 0.6 is 11.6 Å². The van der Waals surface area contributed by atoms with Crippen molar-refractivity contribution in [3.05, 3.63) is 35.9 Å². The molecule has 0 bridgehead atoms. The third-order valence-corrected chi connectivity index (χ3v) is 4.59. The van der Waals surface area contributed by atoms with Crippen molar-refractivity contribution in [3.8, 4) is 0 Å². The standard InChI is InChI=1S/C18H27ClN2O/c1-15(2)21(18(22)11-19)14-17-9-6-10-20(13-17)12-16-7-4-3-5-8-16/h3-5,7-8,15,17H,6,9-14H2,1-2H3. The van der Waals surface area contributed by atoms with Gasteiger partial charge in [0.1, 0.15) is 5.88 Å². The second-order valence-corrected chi connectivity index (χ2v) is 6.77. The van der Waals surface area contributed by atoms with Gasteiger partial charge in [-0.05, 0) is 44.7 Å². The summed E-state index contributed by atoms with van der Waals surface area (Å²) in [7, 11) is 0. The molecule has 0 radical (unpaired) electrons. The van der Waals surface area contributed by atoms with Gasteiger partial charge in [0, 0.05) is 25.7 Å². The first kappa shape index (κ1) is 17.3. The van der Waals surface area contributed by atoms with Crippen molar-refractivity contribution in [2.24, 2.45) is 5.92 Å². The van der Waals surface area contributed by atoms with Crippen molar-refractivity contribution in [2.45, 2.75) is 39.3 Å². The number of amides is 1. The topological polar surface area (TPSA) is 23.6 Å². The highest BCUT2D eigenvalue weighted by Crippen LogP contribution is 2.20. The zero-order valence-electron chi connectivity index (χ0n) is 13.7. The van der Waals surface area contributed by atoms with Crippen LogP contribution in [0.4, 0.5) is 0 Å². The molecule has 1 aromatic rings. The molecule has 1 amide bonds. The van der Waals surface area contributed by atoms with Crippen LogP contribution in [0.15, 0.2) is 30.3 Å². The van der Waals surface area contributed by atoms with E-state index in [2.05, 4.69) is 49.1 Å². The van der Waals surface area contributed by atoms with Gasteiger partial charge in [0.15, 0.2) is 0 Å². The number of alkyl halides is 1. The van der Waals surface area contributed by atoms with Gasteiger partial charge in [-0.1, -0.05) is 30.3 Å². The van der Waals surface area contributed by atoms with Crippen LogP contribution in [0.3, 0.4) is 0 Å². The molecule has 1 atom stereocenters. The van der Waals surface area contributed by atoms with Gasteiger partial charge in [-0.15, -0.1) is 11.6 Å². The number of likely N-dealkylation sites (tertiary alicyclic amines) is 1. The minimum atomic E-state index is 0.0526. The molecular formula is C18H27ClN2O. The molecule has 3 nitrogen and oxygen atoms in total. The minimum absolute atomic E-state index is 0.0526. The van der Waals surface area contributed by atoms with E-state index in [0.29, 0.717) is 5.92 Å². The van der Waals surface area contributed by atoms with E-state index in [4.69, 9.17) is 11.6 Å². The van der Waals surface area contributed by atoms with E-state index in [0.717, 1.165) is 26.2 Å². The average Bonchev–Trinajstić information content (AvgIpc) is 2.53. The summed E-state index contributed by atoms with van der Waals surface area (Å²) < 4.78 is 0. The van der Waals surface area contributed by atoms with Gasteiger partial charge in [0.05, 0.1) is 0 Å². The molecule has 0 N–H and O–H groups in total. The van der Waals surface area contributed by atoms with Gasteiger partial charge in [0.25, 0.3) is 0 Å². The summed E-state index contributed by atoms with van der Waals surface area (Å²) in [6.07, 6.45) is 2.41. The van der Waals surface area contributed by atoms with Gasteiger partial charge in [-0.25, -0.2) is 0 Å². The fourth-order valence-electron chi connectivity index (χ4n) is 3.24. The third kappa shape index (κ3) is 4.99. The maximum atomic E-state index is 12.0. The molecule has 1 unspecified atom stereocenters. The molecule has 122 valence electrons. The Morgan fingerprint density at radius 1 is 1.36 bits per heavy atom.